The number of para-hydroxylation sites is 3. The van der Waals surface area contributed by atoms with Crippen LogP contribution in [0.4, 0.5) is 17.1 Å². The van der Waals surface area contributed by atoms with Gasteiger partial charge < -0.3 is 9.47 Å². The molecule has 1 atom stereocenters. The lowest BCUT2D eigenvalue weighted by atomic mass is 9.65. The third-order valence-electron chi connectivity index (χ3n) is 17.4. The van der Waals surface area contributed by atoms with Gasteiger partial charge in [-0.1, -0.05) is 231 Å². The van der Waals surface area contributed by atoms with Crippen molar-refractivity contribution in [3.05, 3.63) is 311 Å². The monoisotopic (exact) mass is 936 g/mol. The minimum absolute atomic E-state index is 0.453. The van der Waals surface area contributed by atoms with E-state index < -0.39 is 10.8 Å². The predicted molar refractivity (Wildman–Crippen MR) is 306 cm³/mol. The number of hydrogen-bond acceptors (Lipinski definition) is 1. The van der Waals surface area contributed by atoms with Gasteiger partial charge in [0, 0.05) is 27.4 Å². The van der Waals surface area contributed by atoms with Crippen molar-refractivity contribution >= 4 is 49.6 Å². The highest BCUT2D eigenvalue weighted by atomic mass is 15.1. The Morgan fingerprint density at radius 2 is 0.743 bits per heavy atom. The zero-order valence-electron chi connectivity index (χ0n) is 40.3. The topological polar surface area (TPSA) is 8.17 Å². The van der Waals surface area contributed by atoms with Crippen LogP contribution in [0.5, 0.6) is 0 Å². The molecule has 2 spiro atoms. The van der Waals surface area contributed by atoms with Crippen molar-refractivity contribution in [2.45, 2.75) is 10.8 Å². The van der Waals surface area contributed by atoms with Gasteiger partial charge in [-0.2, -0.15) is 0 Å². The quantitative estimate of drug-likeness (QED) is 0.171. The molecular weight excluding hydrogens is 893 g/mol. The normalized spacial score (nSPS) is 15.5. The maximum atomic E-state index is 2.53. The molecule has 0 radical (unpaired) electrons. The SMILES string of the molecule is c1ccc2c(c1)-c1ccccc1C21c2ccccc2-c2c(N(c3ccc(-c4cccc5c4-c4ccccc4C54c5ccccc5-n5c6ccccc6c6cccc4c65)cc3)c3cccc4ccccc34)cccc21. The van der Waals surface area contributed by atoms with Gasteiger partial charge in [0.1, 0.15) is 0 Å². The lowest BCUT2D eigenvalue weighted by molar-refractivity contribution is 0.748. The fraction of sp³-hybridized carbons (Fsp3) is 0.0278. The molecule has 342 valence electrons. The van der Waals surface area contributed by atoms with Crippen LogP contribution in [0.25, 0.3) is 82.8 Å². The Kier molecular flexibility index (Phi) is 7.90. The lowest BCUT2D eigenvalue weighted by Gasteiger charge is -2.39. The van der Waals surface area contributed by atoms with E-state index in [0.29, 0.717) is 0 Å². The summed E-state index contributed by atoms with van der Waals surface area (Å²) in [7, 11) is 0. The van der Waals surface area contributed by atoms with Crippen molar-refractivity contribution in [1.29, 1.82) is 0 Å². The van der Waals surface area contributed by atoms with Crippen LogP contribution in [0.2, 0.25) is 0 Å². The van der Waals surface area contributed by atoms with Gasteiger partial charge in [0.2, 0.25) is 0 Å². The van der Waals surface area contributed by atoms with E-state index in [9.17, 15) is 0 Å². The van der Waals surface area contributed by atoms with Gasteiger partial charge in [-0.15, -0.1) is 0 Å². The van der Waals surface area contributed by atoms with Crippen molar-refractivity contribution in [3.63, 3.8) is 0 Å². The summed E-state index contributed by atoms with van der Waals surface area (Å²) >= 11 is 0. The van der Waals surface area contributed by atoms with Gasteiger partial charge in [0.05, 0.1) is 38.9 Å². The molecule has 74 heavy (non-hydrogen) atoms. The average molecular weight is 937 g/mol. The summed E-state index contributed by atoms with van der Waals surface area (Å²) < 4.78 is 2.53. The van der Waals surface area contributed by atoms with Crippen LogP contribution in [0, 0.1) is 0 Å². The highest BCUT2D eigenvalue weighted by Crippen LogP contribution is 2.66. The van der Waals surface area contributed by atoms with Crippen LogP contribution in [0.15, 0.2) is 267 Å². The first-order chi connectivity index (χ1) is 36.8. The van der Waals surface area contributed by atoms with Crippen LogP contribution >= 0.6 is 0 Å². The fourth-order valence-corrected chi connectivity index (χ4v) is 14.8. The second kappa shape index (κ2) is 14.6. The van der Waals surface area contributed by atoms with Gasteiger partial charge in [-0.05, 0) is 125 Å². The molecule has 2 heterocycles. The first-order valence-electron chi connectivity index (χ1n) is 25.9. The summed E-state index contributed by atoms with van der Waals surface area (Å²) in [6.07, 6.45) is 0. The molecule has 0 fully saturated rings. The number of hydrogen-bond donors (Lipinski definition) is 0. The molecule has 0 saturated heterocycles. The van der Waals surface area contributed by atoms with E-state index in [-0.39, 0.29) is 0 Å². The zero-order chi connectivity index (χ0) is 48.3. The maximum absolute atomic E-state index is 2.53. The number of benzene rings is 12. The van der Waals surface area contributed by atoms with E-state index in [1.54, 1.807) is 0 Å². The molecule has 13 aromatic rings. The highest BCUT2D eigenvalue weighted by Gasteiger charge is 2.53. The molecule has 12 aromatic carbocycles. The van der Waals surface area contributed by atoms with Crippen LogP contribution in [-0.4, -0.2) is 4.57 Å². The summed E-state index contributed by atoms with van der Waals surface area (Å²) in [5.74, 6) is 0. The predicted octanol–water partition coefficient (Wildman–Crippen LogP) is 18.1. The van der Waals surface area contributed by atoms with E-state index >= 15 is 0 Å². The molecule has 17 rings (SSSR count). The highest BCUT2D eigenvalue weighted by molar-refractivity contribution is 6.13. The van der Waals surface area contributed by atoms with Crippen LogP contribution in [0.3, 0.4) is 0 Å². The van der Waals surface area contributed by atoms with Crippen LogP contribution in [0.1, 0.15) is 44.5 Å². The third-order valence-corrected chi connectivity index (χ3v) is 17.4. The van der Waals surface area contributed by atoms with Crippen molar-refractivity contribution in [1.82, 2.24) is 4.57 Å². The second-order valence-electron chi connectivity index (χ2n) is 20.6. The summed E-state index contributed by atoms with van der Waals surface area (Å²) in [4.78, 5) is 2.53. The Morgan fingerprint density at radius 3 is 1.49 bits per heavy atom. The minimum atomic E-state index is -0.519. The standard InChI is InChI=1S/C72H44N2/c1-2-21-48-45(19-1)20-15-39-64(48)73(67-40-18-35-62-69(67)55-26-6-11-32-59(55)71(62)56-29-8-3-22-50(56)51-23-4-9-30-57(51)71)47-43-41-46(42-44-47)49-27-16-34-61-68(49)54-25-5-10-31-58(54)72(61)60-33-12-14-38-66(60)74-65-37-13-7-24-52(65)53-28-17-36-63(72)70(53)74/h1-44H. The number of aromatic nitrogens is 1. The number of nitrogens with zero attached hydrogens (tertiary/aromatic N) is 2. The molecule has 1 aromatic heterocycles. The van der Waals surface area contributed by atoms with E-state index in [0.717, 1.165) is 17.1 Å². The molecular formula is C72H44N2. The van der Waals surface area contributed by atoms with Gasteiger partial charge in [-0.3, -0.25) is 0 Å². The number of rotatable bonds is 4. The molecule has 4 aliphatic rings. The van der Waals surface area contributed by atoms with Gasteiger partial charge in [0.15, 0.2) is 0 Å². The maximum Gasteiger partial charge on any atom is 0.0754 e. The summed E-state index contributed by atoms with van der Waals surface area (Å²) in [5.41, 5.74) is 27.1. The Labute approximate surface area is 429 Å². The third kappa shape index (κ3) is 4.82. The molecule has 2 heteroatoms. The van der Waals surface area contributed by atoms with Gasteiger partial charge in [0.25, 0.3) is 0 Å². The fourth-order valence-electron chi connectivity index (χ4n) is 14.8. The molecule has 0 amide bonds. The zero-order valence-corrected chi connectivity index (χ0v) is 40.3. The number of fused-ring (bicyclic) bond motifs is 23. The average Bonchev–Trinajstić information content (AvgIpc) is 4.34. The van der Waals surface area contributed by atoms with Gasteiger partial charge in [-0.25, -0.2) is 0 Å². The smallest absolute Gasteiger partial charge is 0.0754 e. The van der Waals surface area contributed by atoms with E-state index in [1.165, 1.54) is 127 Å². The minimum Gasteiger partial charge on any atom is -0.309 e. The number of anilines is 3. The van der Waals surface area contributed by atoms with Crippen molar-refractivity contribution in [3.8, 4) is 50.2 Å². The molecule has 0 bridgehead atoms. The van der Waals surface area contributed by atoms with Gasteiger partial charge >= 0.3 is 0 Å². The molecule has 0 N–H and O–H groups in total. The van der Waals surface area contributed by atoms with E-state index in [1.807, 2.05) is 0 Å². The van der Waals surface area contributed by atoms with Crippen molar-refractivity contribution < 1.29 is 0 Å². The Hall–Kier alpha value is -9.50. The van der Waals surface area contributed by atoms with Crippen LogP contribution < -0.4 is 4.90 Å². The summed E-state index contributed by atoms with van der Waals surface area (Å²) in [6, 6.07) is 101. The molecule has 1 aliphatic heterocycles. The first kappa shape index (κ1) is 40.1. The van der Waals surface area contributed by atoms with Crippen molar-refractivity contribution in [2.75, 3.05) is 4.90 Å². The Morgan fingerprint density at radius 1 is 0.284 bits per heavy atom. The molecule has 3 aliphatic carbocycles. The second-order valence-corrected chi connectivity index (χ2v) is 20.6. The summed E-state index contributed by atoms with van der Waals surface area (Å²) in [6.45, 7) is 0. The Balaban J connectivity index is 0.888. The lowest BCUT2D eigenvalue weighted by Crippen LogP contribution is -2.33. The first-order valence-corrected chi connectivity index (χ1v) is 25.9. The Bertz CT molecular complexity index is 4520. The van der Waals surface area contributed by atoms with E-state index in [4.69, 9.17) is 0 Å². The van der Waals surface area contributed by atoms with E-state index in [2.05, 4.69) is 276 Å². The molecule has 2 nitrogen and oxygen atoms in total. The summed E-state index contributed by atoms with van der Waals surface area (Å²) in [5, 5.41) is 5.00. The largest absolute Gasteiger partial charge is 0.309 e. The van der Waals surface area contributed by atoms with Crippen molar-refractivity contribution in [2.24, 2.45) is 0 Å². The molecule has 0 saturated carbocycles. The molecule has 1 unspecified atom stereocenters. The van der Waals surface area contributed by atoms with Crippen LogP contribution in [-0.2, 0) is 10.8 Å².